The molecule has 2 rings (SSSR count). The van der Waals surface area contributed by atoms with E-state index in [1.54, 1.807) is 12.1 Å². The molecule has 0 aromatic heterocycles. The van der Waals surface area contributed by atoms with Crippen LogP contribution < -0.4 is 10.3 Å². The van der Waals surface area contributed by atoms with Crippen molar-refractivity contribution in [2.75, 3.05) is 18.0 Å². The van der Waals surface area contributed by atoms with Crippen LogP contribution in [0, 0.1) is 5.82 Å². The maximum atomic E-state index is 12.8. The molecule has 0 unspecified atom stereocenters. The minimum atomic E-state index is -0.453. The number of aromatic hydroxyl groups is 1. The summed E-state index contributed by atoms with van der Waals surface area (Å²) in [5, 5.41) is 13.9. The molecule has 0 bridgehead atoms. The van der Waals surface area contributed by atoms with Gasteiger partial charge in [0.2, 0.25) is 0 Å². The van der Waals surface area contributed by atoms with Crippen molar-refractivity contribution in [3.8, 4) is 5.75 Å². The number of hydrogen-bond acceptors (Lipinski definition) is 4. The monoisotopic (exact) mass is 329 g/mol. The summed E-state index contributed by atoms with van der Waals surface area (Å²) in [7, 11) is 0. The van der Waals surface area contributed by atoms with Crippen LogP contribution in [0.25, 0.3) is 0 Å². The van der Waals surface area contributed by atoms with Crippen LogP contribution in [0.2, 0.25) is 0 Å². The quantitative estimate of drug-likeness (QED) is 0.632. The van der Waals surface area contributed by atoms with Gasteiger partial charge in [0.25, 0.3) is 5.91 Å². The third kappa shape index (κ3) is 4.32. The second kappa shape index (κ2) is 8.10. The number of carbonyl (C=O) groups excluding carboxylic acids is 1. The van der Waals surface area contributed by atoms with Crippen molar-refractivity contribution in [3.05, 3.63) is 59.4 Å². The molecule has 2 N–H and O–H groups in total. The molecule has 0 aliphatic carbocycles. The van der Waals surface area contributed by atoms with E-state index in [1.807, 2.05) is 19.9 Å². The number of benzene rings is 2. The number of anilines is 1. The Kier molecular flexibility index (Phi) is 5.89. The summed E-state index contributed by atoms with van der Waals surface area (Å²) < 4.78 is 12.8. The molecule has 0 saturated carbocycles. The van der Waals surface area contributed by atoms with Crippen LogP contribution in [0.1, 0.15) is 29.8 Å². The smallest absolute Gasteiger partial charge is 0.271 e. The van der Waals surface area contributed by atoms with Gasteiger partial charge in [-0.05, 0) is 50.2 Å². The molecule has 2 aromatic rings. The first-order valence-electron chi connectivity index (χ1n) is 7.72. The van der Waals surface area contributed by atoms with Crippen molar-refractivity contribution in [2.45, 2.75) is 13.8 Å². The second-order valence-corrected chi connectivity index (χ2v) is 5.12. The number of carbonyl (C=O) groups is 1. The fourth-order valence-electron chi connectivity index (χ4n) is 2.25. The first kappa shape index (κ1) is 17.5. The zero-order valence-corrected chi connectivity index (χ0v) is 13.7. The van der Waals surface area contributed by atoms with E-state index < -0.39 is 11.7 Å². The summed E-state index contributed by atoms with van der Waals surface area (Å²) in [4.78, 5) is 13.9. The SMILES string of the molecule is CCN(CC)c1ccc(/C=N/NC(=O)c2ccc(F)cc2)c(O)c1. The molecule has 0 radical (unpaired) electrons. The summed E-state index contributed by atoms with van der Waals surface area (Å²) >= 11 is 0. The number of phenols is 1. The van der Waals surface area contributed by atoms with Crippen molar-refractivity contribution < 1.29 is 14.3 Å². The zero-order chi connectivity index (χ0) is 17.5. The Labute approximate surface area is 140 Å². The molecule has 0 atom stereocenters. The highest BCUT2D eigenvalue weighted by atomic mass is 19.1. The van der Waals surface area contributed by atoms with Crippen molar-refractivity contribution in [3.63, 3.8) is 0 Å². The average molecular weight is 329 g/mol. The highest BCUT2D eigenvalue weighted by molar-refractivity contribution is 5.95. The molecule has 1 amide bonds. The van der Waals surface area contributed by atoms with Gasteiger partial charge < -0.3 is 10.0 Å². The van der Waals surface area contributed by atoms with Gasteiger partial charge in [-0.2, -0.15) is 5.10 Å². The molecule has 0 spiro atoms. The standard InChI is InChI=1S/C18H20FN3O2/c1-3-22(4-2)16-10-7-14(17(23)11-16)12-20-21-18(24)13-5-8-15(19)9-6-13/h5-12,23H,3-4H2,1-2H3,(H,21,24)/b20-12+. The summed E-state index contributed by atoms with van der Waals surface area (Å²) in [5.41, 5.74) is 4.05. The first-order chi connectivity index (χ1) is 11.5. The van der Waals surface area contributed by atoms with Crippen molar-refractivity contribution in [2.24, 2.45) is 5.10 Å². The average Bonchev–Trinajstić information content (AvgIpc) is 2.58. The number of rotatable bonds is 6. The minimum Gasteiger partial charge on any atom is -0.507 e. The number of nitrogens with one attached hydrogen (secondary N) is 1. The second-order valence-electron chi connectivity index (χ2n) is 5.12. The molecule has 0 fully saturated rings. The zero-order valence-electron chi connectivity index (χ0n) is 13.7. The van der Waals surface area contributed by atoms with Crippen molar-refractivity contribution in [1.82, 2.24) is 5.43 Å². The first-order valence-corrected chi connectivity index (χ1v) is 7.72. The number of hydrogen-bond donors (Lipinski definition) is 2. The molecule has 24 heavy (non-hydrogen) atoms. The van der Waals surface area contributed by atoms with Crippen LogP contribution in [0.4, 0.5) is 10.1 Å². The molecular formula is C18H20FN3O2. The van der Waals surface area contributed by atoms with Gasteiger partial charge in [0.05, 0.1) is 6.21 Å². The Morgan fingerprint density at radius 3 is 2.46 bits per heavy atom. The van der Waals surface area contributed by atoms with Gasteiger partial charge in [-0.1, -0.05) is 0 Å². The van der Waals surface area contributed by atoms with Gasteiger partial charge in [0.15, 0.2) is 0 Å². The van der Waals surface area contributed by atoms with Crippen LogP contribution in [-0.2, 0) is 0 Å². The number of halogens is 1. The lowest BCUT2D eigenvalue weighted by Crippen LogP contribution is -2.21. The molecule has 6 heteroatoms. The lowest BCUT2D eigenvalue weighted by molar-refractivity contribution is 0.0955. The maximum Gasteiger partial charge on any atom is 0.271 e. The van der Waals surface area contributed by atoms with E-state index >= 15 is 0 Å². The predicted octanol–water partition coefficient (Wildman–Crippen LogP) is 3.14. The normalized spacial score (nSPS) is 10.8. The van der Waals surface area contributed by atoms with E-state index in [1.165, 1.54) is 30.5 Å². The number of phenolic OH excluding ortho intramolecular Hbond substituents is 1. The summed E-state index contributed by atoms with van der Waals surface area (Å²) in [5.74, 6) is -0.780. The highest BCUT2D eigenvalue weighted by Gasteiger charge is 2.06. The Morgan fingerprint density at radius 1 is 1.21 bits per heavy atom. The third-order valence-electron chi connectivity index (χ3n) is 3.62. The van der Waals surface area contributed by atoms with Gasteiger partial charge in [0, 0.05) is 36.0 Å². The molecule has 126 valence electrons. The fraction of sp³-hybridized carbons (Fsp3) is 0.222. The maximum absolute atomic E-state index is 12.8. The molecule has 0 aliphatic heterocycles. The topological polar surface area (TPSA) is 64.9 Å². The van der Waals surface area contributed by atoms with Gasteiger partial charge in [-0.15, -0.1) is 0 Å². The molecule has 0 saturated heterocycles. The van der Waals surface area contributed by atoms with Crippen LogP contribution in [-0.4, -0.2) is 30.3 Å². The van der Waals surface area contributed by atoms with Crippen molar-refractivity contribution in [1.29, 1.82) is 0 Å². The largest absolute Gasteiger partial charge is 0.507 e. The van der Waals surface area contributed by atoms with Gasteiger partial charge in [-0.25, -0.2) is 9.82 Å². The predicted molar refractivity (Wildman–Crippen MR) is 93.1 cm³/mol. The third-order valence-corrected chi connectivity index (χ3v) is 3.62. The molecule has 2 aromatic carbocycles. The Bertz CT molecular complexity index is 726. The highest BCUT2D eigenvalue weighted by Crippen LogP contribution is 2.23. The summed E-state index contributed by atoms with van der Waals surface area (Å²) in [6, 6.07) is 10.4. The Morgan fingerprint density at radius 2 is 1.88 bits per heavy atom. The van der Waals surface area contributed by atoms with E-state index in [0.717, 1.165) is 18.8 Å². The molecule has 0 heterocycles. The van der Waals surface area contributed by atoms with Crippen LogP contribution in [0.5, 0.6) is 5.75 Å². The summed E-state index contributed by atoms with van der Waals surface area (Å²) in [6.45, 7) is 5.77. The Hall–Kier alpha value is -2.89. The number of nitrogens with zero attached hydrogens (tertiary/aromatic N) is 2. The van der Waals surface area contributed by atoms with Crippen LogP contribution in [0.3, 0.4) is 0 Å². The van der Waals surface area contributed by atoms with E-state index in [0.29, 0.717) is 11.1 Å². The fourth-order valence-corrected chi connectivity index (χ4v) is 2.25. The van der Waals surface area contributed by atoms with Gasteiger partial charge in [-0.3, -0.25) is 4.79 Å². The molecular weight excluding hydrogens is 309 g/mol. The van der Waals surface area contributed by atoms with Crippen molar-refractivity contribution >= 4 is 17.8 Å². The van der Waals surface area contributed by atoms with Gasteiger partial charge in [0.1, 0.15) is 11.6 Å². The molecule has 5 nitrogen and oxygen atoms in total. The van der Waals surface area contributed by atoms with Gasteiger partial charge >= 0.3 is 0 Å². The van der Waals surface area contributed by atoms with Crippen LogP contribution >= 0.6 is 0 Å². The summed E-state index contributed by atoms with van der Waals surface area (Å²) in [6.07, 6.45) is 1.36. The minimum absolute atomic E-state index is 0.0826. The molecule has 0 aliphatic rings. The van der Waals surface area contributed by atoms with E-state index in [-0.39, 0.29) is 5.75 Å². The van der Waals surface area contributed by atoms with E-state index in [9.17, 15) is 14.3 Å². The van der Waals surface area contributed by atoms with E-state index in [2.05, 4.69) is 15.4 Å². The van der Waals surface area contributed by atoms with Crippen LogP contribution in [0.15, 0.2) is 47.6 Å². The number of amides is 1. The number of hydrazone groups is 1. The lowest BCUT2D eigenvalue weighted by atomic mass is 10.2. The Balaban J connectivity index is 2.03. The van der Waals surface area contributed by atoms with E-state index in [4.69, 9.17) is 0 Å². The lowest BCUT2D eigenvalue weighted by Gasteiger charge is -2.21.